The van der Waals surface area contributed by atoms with Crippen LogP contribution in [0.5, 0.6) is 0 Å². The van der Waals surface area contributed by atoms with Gasteiger partial charge in [0.25, 0.3) is 5.91 Å². The molecule has 0 aliphatic heterocycles. The summed E-state index contributed by atoms with van der Waals surface area (Å²) in [7, 11) is 1.86. The third kappa shape index (κ3) is 5.20. The van der Waals surface area contributed by atoms with E-state index < -0.39 is 11.7 Å². The molecule has 4 rings (SSSR count). The van der Waals surface area contributed by atoms with Gasteiger partial charge in [-0.1, -0.05) is 25.0 Å². The minimum Gasteiger partial charge on any atom is -0.388 e. The van der Waals surface area contributed by atoms with Crippen LogP contribution in [0.3, 0.4) is 0 Å². The highest BCUT2D eigenvalue weighted by molar-refractivity contribution is 5.98. The molecule has 33 heavy (non-hydrogen) atoms. The lowest BCUT2D eigenvalue weighted by atomic mass is 9.91. The molecular formula is C24H28FN7O. The summed E-state index contributed by atoms with van der Waals surface area (Å²) in [5.41, 5.74) is 15.1. The number of hydrogen-bond acceptors (Lipinski definition) is 7. The van der Waals surface area contributed by atoms with Crippen LogP contribution in [0, 0.1) is 5.82 Å². The van der Waals surface area contributed by atoms with E-state index in [1.54, 1.807) is 12.4 Å². The number of pyridine rings is 2. The van der Waals surface area contributed by atoms with Crippen molar-refractivity contribution < 1.29 is 9.18 Å². The number of nitrogens with two attached hydrogens (primary N) is 2. The van der Waals surface area contributed by atoms with Crippen LogP contribution in [0.25, 0.3) is 11.1 Å². The minimum atomic E-state index is -0.781. The van der Waals surface area contributed by atoms with Crippen molar-refractivity contribution >= 4 is 28.9 Å². The Hall–Kier alpha value is -3.72. The van der Waals surface area contributed by atoms with Gasteiger partial charge >= 0.3 is 0 Å². The molecule has 1 amide bonds. The molecule has 1 fully saturated rings. The zero-order valence-electron chi connectivity index (χ0n) is 18.4. The first-order valence-corrected chi connectivity index (χ1v) is 11.0. The van der Waals surface area contributed by atoms with E-state index in [0.717, 1.165) is 48.6 Å². The molecule has 2 aromatic heterocycles. The Morgan fingerprint density at radius 1 is 1.03 bits per heavy atom. The van der Waals surface area contributed by atoms with Gasteiger partial charge in [0.05, 0.1) is 17.4 Å². The number of halogens is 1. The second-order valence-electron chi connectivity index (χ2n) is 8.19. The highest BCUT2D eigenvalue weighted by atomic mass is 19.1. The Bertz CT molecular complexity index is 1140. The number of benzene rings is 1. The smallest absolute Gasteiger partial charge is 0.252 e. The minimum absolute atomic E-state index is 0.0385. The summed E-state index contributed by atoms with van der Waals surface area (Å²) in [6.07, 6.45) is 7.13. The van der Waals surface area contributed by atoms with E-state index in [-0.39, 0.29) is 29.3 Å². The molecule has 3 aromatic rings. The molecule has 1 aliphatic rings. The summed E-state index contributed by atoms with van der Waals surface area (Å²) in [6.45, 7) is 0. The zero-order chi connectivity index (χ0) is 23.4. The molecule has 9 heteroatoms. The Morgan fingerprint density at radius 2 is 1.79 bits per heavy atom. The van der Waals surface area contributed by atoms with Crippen molar-refractivity contribution in [2.24, 2.45) is 11.5 Å². The Balaban J connectivity index is 1.63. The van der Waals surface area contributed by atoms with Crippen molar-refractivity contribution in [1.82, 2.24) is 9.97 Å². The Morgan fingerprint density at radius 3 is 2.48 bits per heavy atom. The molecule has 1 saturated carbocycles. The SMILES string of the molecule is CNc1ccc(-c2cncc(Nc3nc(NC4CCCCC4N)c(F)cc3C(N)=O)c2)cc1. The van der Waals surface area contributed by atoms with E-state index in [1.807, 2.05) is 37.4 Å². The number of hydrogen-bond donors (Lipinski definition) is 5. The first kappa shape index (κ1) is 22.5. The predicted octanol–water partition coefficient (Wildman–Crippen LogP) is 3.85. The molecule has 0 radical (unpaired) electrons. The van der Waals surface area contributed by atoms with Gasteiger partial charge in [0.2, 0.25) is 0 Å². The number of aromatic nitrogens is 2. The second-order valence-corrected chi connectivity index (χ2v) is 8.19. The number of carbonyl (C=O) groups is 1. The highest BCUT2D eigenvalue weighted by Gasteiger charge is 2.24. The van der Waals surface area contributed by atoms with Crippen molar-refractivity contribution in [3.8, 4) is 11.1 Å². The standard InChI is InChI=1S/C24H28FN7O/c1-28-16-8-6-14(7-9-16)15-10-17(13-29-12-15)30-23-18(22(27)33)11-19(25)24(32-23)31-21-5-3-2-4-20(21)26/h6-13,20-21,28H,2-5,26H2,1H3,(H2,27,33)(H2,30,31,32). The maximum Gasteiger partial charge on any atom is 0.252 e. The summed E-state index contributed by atoms with van der Waals surface area (Å²) >= 11 is 0. The van der Waals surface area contributed by atoms with Gasteiger partial charge in [0.15, 0.2) is 11.6 Å². The summed E-state index contributed by atoms with van der Waals surface area (Å²) in [5, 5.41) is 9.28. The van der Waals surface area contributed by atoms with Crippen molar-refractivity contribution in [3.05, 3.63) is 60.2 Å². The quantitative estimate of drug-likeness (QED) is 0.370. The van der Waals surface area contributed by atoms with Crippen molar-refractivity contribution in [2.75, 3.05) is 23.0 Å². The number of carbonyl (C=O) groups excluding carboxylic acids is 1. The average molecular weight is 450 g/mol. The van der Waals surface area contributed by atoms with Gasteiger partial charge < -0.3 is 27.4 Å². The van der Waals surface area contributed by atoms with Gasteiger partial charge in [-0.2, -0.15) is 0 Å². The Kier molecular flexibility index (Phi) is 6.69. The van der Waals surface area contributed by atoms with E-state index in [4.69, 9.17) is 11.5 Å². The fourth-order valence-electron chi connectivity index (χ4n) is 4.02. The summed E-state index contributed by atoms with van der Waals surface area (Å²) in [4.78, 5) is 20.6. The van der Waals surface area contributed by atoms with E-state index in [1.165, 1.54) is 0 Å². The number of primary amides is 1. The van der Waals surface area contributed by atoms with E-state index >= 15 is 0 Å². The largest absolute Gasteiger partial charge is 0.388 e. The number of rotatable bonds is 7. The topological polar surface area (TPSA) is 131 Å². The maximum atomic E-state index is 14.7. The molecule has 0 spiro atoms. The van der Waals surface area contributed by atoms with Gasteiger partial charge in [0.1, 0.15) is 5.82 Å². The molecule has 2 atom stereocenters. The zero-order valence-corrected chi connectivity index (χ0v) is 18.4. The third-order valence-electron chi connectivity index (χ3n) is 5.89. The van der Waals surface area contributed by atoms with Crippen LogP contribution in [0.15, 0.2) is 48.8 Å². The lowest BCUT2D eigenvalue weighted by molar-refractivity contribution is 0.100. The lowest BCUT2D eigenvalue weighted by Crippen LogP contribution is -2.43. The summed E-state index contributed by atoms with van der Waals surface area (Å²) < 4.78 is 14.7. The van der Waals surface area contributed by atoms with Crippen LogP contribution in [0.2, 0.25) is 0 Å². The van der Waals surface area contributed by atoms with Crippen molar-refractivity contribution in [1.29, 1.82) is 0 Å². The number of amides is 1. The molecule has 0 saturated heterocycles. The van der Waals surface area contributed by atoms with Crippen LogP contribution >= 0.6 is 0 Å². The molecule has 2 unspecified atom stereocenters. The molecule has 7 N–H and O–H groups in total. The van der Waals surface area contributed by atoms with Gasteiger partial charge in [-0.15, -0.1) is 0 Å². The number of nitrogens with zero attached hydrogens (tertiary/aromatic N) is 2. The molecule has 172 valence electrons. The van der Waals surface area contributed by atoms with E-state index in [0.29, 0.717) is 5.69 Å². The van der Waals surface area contributed by atoms with Crippen LogP contribution < -0.4 is 27.4 Å². The number of anilines is 4. The Labute approximate surface area is 192 Å². The lowest BCUT2D eigenvalue weighted by Gasteiger charge is -2.30. The summed E-state index contributed by atoms with van der Waals surface area (Å²) in [6, 6.07) is 10.7. The highest BCUT2D eigenvalue weighted by Crippen LogP contribution is 2.28. The van der Waals surface area contributed by atoms with Gasteiger partial charge in [0, 0.05) is 36.6 Å². The van der Waals surface area contributed by atoms with Crippen molar-refractivity contribution in [2.45, 2.75) is 37.8 Å². The average Bonchev–Trinajstić information content (AvgIpc) is 2.82. The third-order valence-corrected chi connectivity index (χ3v) is 5.89. The fraction of sp³-hybridized carbons (Fsp3) is 0.292. The molecule has 0 bridgehead atoms. The predicted molar refractivity (Wildman–Crippen MR) is 129 cm³/mol. The van der Waals surface area contributed by atoms with Crippen LogP contribution in [-0.4, -0.2) is 35.0 Å². The monoisotopic (exact) mass is 449 g/mol. The van der Waals surface area contributed by atoms with E-state index in [2.05, 4.69) is 25.9 Å². The van der Waals surface area contributed by atoms with Gasteiger partial charge in [-0.05, 0) is 42.7 Å². The molecular weight excluding hydrogens is 421 g/mol. The second kappa shape index (κ2) is 9.83. The number of nitrogens with one attached hydrogen (secondary N) is 3. The van der Waals surface area contributed by atoms with E-state index in [9.17, 15) is 9.18 Å². The molecule has 2 heterocycles. The van der Waals surface area contributed by atoms with Gasteiger partial charge in [-0.25, -0.2) is 9.37 Å². The normalized spacial score (nSPS) is 17.9. The van der Waals surface area contributed by atoms with Crippen LogP contribution in [0.4, 0.5) is 27.4 Å². The van der Waals surface area contributed by atoms with Crippen LogP contribution in [-0.2, 0) is 0 Å². The summed E-state index contributed by atoms with van der Waals surface area (Å²) in [5.74, 6) is -1.24. The molecule has 1 aromatic carbocycles. The first-order valence-electron chi connectivity index (χ1n) is 11.0. The molecule has 1 aliphatic carbocycles. The molecule has 8 nitrogen and oxygen atoms in total. The first-order chi connectivity index (χ1) is 15.9. The maximum absolute atomic E-state index is 14.7. The van der Waals surface area contributed by atoms with Crippen LogP contribution in [0.1, 0.15) is 36.0 Å². The fourth-order valence-corrected chi connectivity index (χ4v) is 4.02. The van der Waals surface area contributed by atoms with Gasteiger partial charge in [-0.3, -0.25) is 9.78 Å². The van der Waals surface area contributed by atoms with Crippen molar-refractivity contribution in [3.63, 3.8) is 0 Å².